The van der Waals surface area contributed by atoms with Crippen molar-refractivity contribution in [1.82, 2.24) is 15.3 Å². The number of nitrogens with one attached hydrogen (secondary N) is 3. The first kappa shape index (κ1) is 9.53. The van der Waals surface area contributed by atoms with E-state index in [2.05, 4.69) is 20.6 Å². The van der Waals surface area contributed by atoms with Crippen molar-refractivity contribution in [3.05, 3.63) is 21.7 Å². The van der Waals surface area contributed by atoms with E-state index in [4.69, 9.17) is 11.6 Å². The molecule has 1 aromatic rings. The van der Waals surface area contributed by atoms with Gasteiger partial charge in [-0.1, -0.05) is 11.6 Å². The van der Waals surface area contributed by atoms with Gasteiger partial charge in [0.25, 0.3) is 0 Å². The highest BCUT2D eigenvalue weighted by molar-refractivity contribution is 6.33. The van der Waals surface area contributed by atoms with Crippen molar-refractivity contribution < 1.29 is 4.79 Å². The third-order valence-electron chi connectivity index (χ3n) is 1.23. The molecule has 0 radical (unpaired) electrons. The molecule has 0 saturated heterocycles. The summed E-state index contributed by atoms with van der Waals surface area (Å²) in [6.45, 7) is 0. The molecule has 0 aliphatic carbocycles. The number of halogens is 1. The van der Waals surface area contributed by atoms with E-state index in [0.717, 1.165) is 6.20 Å². The molecule has 0 saturated carbocycles. The first-order valence-electron chi connectivity index (χ1n) is 3.37. The number of H-pyrrole nitrogens is 1. The Balaban J connectivity index is 2.94. The zero-order valence-corrected chi connectivity index (χ0v) is 7.47. The third-order valence-corrected chi connectivity index (χ3v) is 1.52. The Labute approximate surface area is 78.3 Å². The summed E-state index contributed by atoms with van der Waals surface area (Å²) >= 11 is 5.62. The standard InChI is InChI=1S/C6H7ClN4O2/c1-8-5(12)10-4-3(7)2-9-6(13)11-4/h2H,1H3,(H3,8,9,10,11,12,13). The van der Waals surface area contributed by atoms with Crippen molar-refractivity contribution in [3.8, 4) is 0 Å². The maximum absolute atomic E-state index is 10.8. The summed E-state index contributed by atoms with van der Waals surface area (Å²) in [5, 5.41) is 4.80. The quantitative estimate of drug-likeness (QED) is 0.607. The summed E-state index contributed by atoms with van der Waals surface area (Å²) < 4.78 is 0. The summed E-state index contributed by atoms with van der Waals surface area (Å²) in [5.74, 6) is 0.126. The second-order valence-corrected chi connectivity index (χ2v) is 2.52. The molecule has 1 aromatic heterocycles. The normalized spacial score (nSPS) is 9.38. The first-order chi connectivity index (χ1) is 6.13. The van der Waals surface area contributed by atoms with Gasteiger partial charge in [0.15, 0.2) is 0 Å². The Morgan fingerprint density at radius 2 is 2.38 bits per heavy atom. The Kier molecular flexibility index (Phi) is 2.86. The second-order valence-electron chi connectivity index (χ2n) is 2.12. The second kappa shape index (κ2) is 3.90. The van der Waals surface area contributed by atoms with Crippen LogP contribution in [0.15, 0.2) is 11.0 Å². The number of aromatic nitrogens is 2. The molecule has 0 aliphatic heterocycles. The topological polar surface area (TPSA) is 86.9 Å². The van der Waals surface area contributed by atoms with E-state index in [9.17, 15) is 9.59 Å². The average Bonchev–Trinajstić information content (AvgIpc) is 2.11. The van der Waals surface area contributed by atoms with Crippen LogP contribution in [0.1, 0.15) is 0 Å². The summed E-state index contributed by atoms with van der Waals surface area (Å²) in [6, 6.07) is -0.469. The smallest absolute Gasteiger partial charge is 0.341 e. The number of urea groups is 1. The van der Waals surface area contributed by atoms with Crippen LogP contribution in [0, 0.1) is 0 Å². The molecule has 0 spiro atoms. The van der Waals surface area contributed by atoms with Gasteiger partial charge in [0.1, 0.15) is 5.82 Å². The fourth-order valence-corrected chi connectivity index (χ4v) is 0.789. The van der Waals surface area contributed by atoms with E-state index in [-0.39, 0.29) is 10.8 Å². The van der Waals surface area contributed by atoms with Crippen LogP contribution >= 0.6 is 11.6 Å². The van der Waals surface area contributed by atoms with Gasteiger partial charge in [-0.2, -0.15) is 0 Å². The molecule has 2 amide bonds. The lowest BCUT2D eigenvalue weighted by Crippen LogP contribution is -2.26. The van der Waals surface area contributed by atoms with Gasteiger partial charge in [-0.3, -0.25) is 10.3 Å². The monoisotopic (exact) mass is 202 g/mol. The molecule has 1 rings (SSSR count). The molecule has 0 bridgehead atoms. The van der Waals surface area contributed by atoms with E-state index in [1.165, 1.54) is 7.05 Å². The summed E-state index contributed by atoms with van der Waals surface area (Å²) in [7, 11) is 1.45. The number of carbonyl (C=O) groups is 1. The number of aromatic amines is 1. The van der Waals surface area contributed by atoms with Crippen molar-refractivity contribution in [3.63, 3.8) is 0 Å². The minimum absolute atomic E-state index is 0.126. The number of hydrogen-bond acceptors (Lipinski definition) is 3. The van der Waals surface area contributed by atoms with Gasteiger partial charge in [0, 0.05) is 7.05 Å². The Morgan fingerprint density at radius 1 is 1.69 bits per heavy atom. The van der Waals surface area contributed by atoms with Crippen molar-refractivity contribution in [2.45, 2.75) is 0 Å². The van der Waals surface area contributed by atoms with E-state index < -0.39 is 11.7 Å². The average molecular weight is 203 g/mol. The molecule has 0 unspecified atom stereocenters. The van der Waals surface area contributed by atoms with E-state index in [1.807, 2.05) is 0 Å². The Morgan fingerprint density at radius 3 is 3.00 bits per heavy atom. The number of rotatable bonds is 1. The number of nitrogens with zero attached hydrogens (tertiary/aromatic N) is 1. The van der Waals surface area contributed by atoms with Crippen LogP contribution in [0.3, 0.4) is 0 Å². The van der Waals surface area contributed by atoms with Crippen molar-refractivity contribution in [1.29, 1.82) is 0 Å². The van der Waals surface area contributed by atoms with Gasteiger partial charge >= 0.3 is 11.7 Å². The number of amides is 2. The Hall–Kier alpha value is -1.56. The van der Waals surface area contributed by atoms with Gasteiger partial charge in [-0.15, -0.1) is 0 Å². The van der Waals surface area contributed by atoms with E-state index in [0.29, 0.717) is 0 Å². The van der Waals surface area contributed by atoms with Gasteiger partial charge in [-0.25, -0.2) is 14.6 Å². The molecule has 0 fully saturated rings. The zero-order chi connectivity index (χ0) is 9.84. The van der Waals surface area contributed by atoms with Crippen LogP contribution in [0.4, 0.5) is 10.6 Å². The molecule has 0 aliphatic rings. The molecule has 6 nitrogen and oxygen atoms in total. The number of anilines is 1. The summed E-state index contributed by atoms with van der Waals surface area (Å²) in [4.78, 5) is 27.2. The van der Waals surface area contributed by atoms with Gasteiger partial charge in [0.05, 0.1) is 11.2 Å². The highest BCUT2D eigenvalue weighted by Gasteiger charge is 2.04. The van der Waals surface area contributed by atoms with Crippen LogP contribution in [0.2, 0.25) is 5.02 Å². The first-order valence-corrected chi connectivity index (χ1v) is 3.75. The molecule has 0 atom stereocenters. The van der Waals surface area contributed by atoms with E-state index >= 15 is 0 Å². The lowest BCUT2D eigenvalue weighted by Gasteiger charge is -2.04. The lowest BCUT2D eigenvalue weighted by atomic mass is 10.6. The molecule has 7 heteroatoms. The summed E-state index contributed by atoms with van der Waals surface area (Å²) in [5.41, 5.74) is -0.573. The molecule has 13 heavy (non-hydrogen) atoms. The Bertz CT molecular complexity index is 375. The van der Waals surface area contributed by atoms with Crippen molar-refractivity contribution >= 4 is 23.4 Å². The fraction of sp³-hybridized carbons (Fsp3) is 0.167. The molecule has 0 aromatic carbocycles. The lowest BCUT2D eigenvalue weighted by molar-refractivity contribution is 0.254. The minimum Gasteiger partial charge on any atom is -0.341 e. The largest absolute Gasteiger partial charge is 0.346 e. The van der Waals surface area contributed by atoms with Gasteiger partial charge < -0.3 is 5.32 Å². The van der Waals surface area contributed by atoms with Crippen LogP contribution in [0.5, 0.6) is 0 Å². The predicted molar refractivity (Wildman–Crippen MR) is 47.9 cm³/mol. The van der Waals surface area contributed by atoms with Gasteiger partial charge in [-0.05, 0) is 0 Å². The molecular formula is C6H7ClN4O2. The molecule has 70 valence electrons. The highest BCUT2D eigenvalue weighted by Crippen LogP contribution is 2.14. The van der Waals surface area contributed by atoms with Crippen molar-refractivity contribution in [2.75, 3.05) is 12.4 Å². The van der Waals surface area contributed by atoms with Crippen molar-refractivity contribution in [2.24, 2.45) is 0 Å². The maximum atomic E-state index is 10.8. The van der Waals surface area contributed by atoms with Crippen LogP contribution < -0.4 is 16.3 Å². The number of carbonyl (C=O) groups excluding carboxylic acids is 1. The predicted octanol–water partition coefficient (Wildman–Crippen LogP) is 0.175. The maximum Gasteiger partial charge on any atom is 0.346 e. The molecule has 1 heterocycles. The zero-order valence-electron chi connectivity index (χ0n) is 6.72. The molecule has 3 N–H and O–H groups in total. The van der Waals surface area contributed by atoms with Crippen LogP contribution in [-0.4, -0.2) is 23.0 Å². The van der Waals surface area contributed by atoms with Gasteiger partial charge in [0.2, 0.25) is 0 Å². The van der Waals surface area contributed by atoms with E-state index in [1.54, 1.807) is 0 Å². The highest BCUT2D eigenvalue weighted by atomic mass is 35.5. The SMILES string of the molecule is CNC(=O)Nc1[nH]c(=O)ncc1Cl. The van der Waals surface area contributed by atoms with Crippen LogP contribution in [0.25, 0.3) is 0 Å². The minimum atomic E-state index is -0.573. The van der Waals surface area contributed by atoms with Crippen LogP contribution in [-0.2, 0) is 0 Å². The molecular weight excluding hydrogens is 196 g/mol. The fourth-order valence-electron chi connectivity index (χ4n) is 0.646. The third kappa shape index (κ3) is 2.45. The number of hydrogen-bond donors (Lipinski definition) is 3. The summed E-state index contributed by atoms with van der Waals surface area (Å²) in [6.07, 6.45) is 1.16.